The fourth-order valence-corrected chi connectivity index (χ4v) is 2.55. The van der Waals surface area contributed by atoms with Crippen LogP contribution >= 0.6 is 0 Å². The number of piperidine rings is 1. The molecule has 0 amide bonds. The van der Waals surface area contributed by atoms with Gasteiger partial charge in [0.25, 0.3) is 0 Å². The normalized spacial score (nSPS) is 19.5. The first-order valence-electron chi connectivity index (χ1n) is 6.90. The van der Waals surface area contributed by atoms with Gasteiger partial charge in [0.1, 0.15) is 0 Å². The molecule has 1 aliphatic rings. The van der Waals surface area contributed by atoms with Crippen LogP contribution < -0.4 is 5.32 Å². The molecule has 1 saturated heterocycles. The zero-order chi connectivity index (χ0) is 13.1. The Bertz CT molecular complexity index is 544. The Morgan fingerprint density at radius 2 is 2.26 bits per heavy atom. The minimum absolute atomic E-state index is 0.406. The Morgan fingerprint density at radius 1 is 1.37 bits per heavy atom. The predicted molar refractivity (Wildman–Crippen MR) is 73.1 cm³/mol. The fraction of sp³-hybridized carbons (Fsp3) is 0.467. The van der Waals surface area contributed by atoms with E-state index in [1.807, 2.05) is 12.1 Å². The quantitative estimate of drug-likeness (QED) is 0.917. The number of rotatable bonds is 3. The first-order valence-corrected chi connectivity index (χ1v) is 6.90. The lowest BCUT2D eigenvalue weighted by Gasteiger charge is -2.19. The number of nitrogens with one attached hydrogen (secondary N) is 1. The summed E-state index contributed by atoms with van der Waals surface area (Å²) in [6, 6.07) is 8.31. The van der Waals surface area contributed by atoms with E-state index in [4.69, 9.17) is 4.52 Å². The van der Waals surface area contributed by atoms with Gasteiger partial charge in [-0.05, 0) is 37.4 Å². The highest BCUT2D eigenvalue weighted by Crippen LogP contribution is 2.21. The van der Waals surface area contributed by atoms with E-state index in [1.54, 1.807) is 0 Å². The molecular weight excluding hydrogens is 238 g/mol. The van der Waals surface area contributed by atoms with Crippen LogP contribution in [0.5, 0.6) is 0 Å². The minimum atomic E-state index is 0.406. The molecule has 1 N–H and O–H groups in total. The Kier molecular flexibility index (Phi) is 3.60. The fourth-order valence-electron chi connectivity index (χ4n) is 2.55. The van der Waals surface area contributed by atoms with Gasteiger partial charge in [-0.25, -0.2) is 0 Å². The number of aryl methyl sites for hydroxylation is 1. The summed E-state index contributed by atoms with van der Waals surface area (Å²) in [5, 5.41) is 7.52. The van der Waals surface area contributed by atoms with Crippen LogP contribution in [0, 0.1) is 6.92 Å². The second-order valence-electron chi connectivity index (χ2n) is 5.19. The summed E-state index contributed by atoms with van der Waals surface area (Å²) in [7, 11) is 0. The summed E-state index contributed by atoms with van der Waals surface area (Å²) in [6.45, 7) is 4.17. The van der Waals surface area contributed by atoms with Crippen LogP contribution in [0.25, 0.3) is 0 Å². The maximum Gasteiger partial charge on any atom is 0.231 e. The third-order valence-corrected chi connectivity index (χ3v) is 3.75. The van der Waals surface area contributed by atoms with E-state index in [0.29, 0.717) is 5.92 Å². The SMILES string of the molecule is Cc1ccccc1Cc1nc(C2CCCNC2)no1. The second kappa shape index (κ2) is 5.53. The van der Waals surface area contributed by atoms with Crippen LogP contribution in [0.2, 0.25) is 0 Å². The zero-order valence-electron chi connectivity index (χ0n) is 11.2. The summed E-state index contributed by atoms with van der Waals surface area (Å²) in [5.74, 6) is 1.98. The molecule has 4 nitrogen and oxygen atoms in total. The van der Waals surface area contributed by atoms with Gasteiger partial charge in [-0.2, -0.15) is 4.98 Å². The Morgan fingerprint density at radius 3 is 3.05 bits per heavy atom. The smallest absolute Gasteiger partial charge is 0.231 e. The molecule has 1 atom stereocenters. The molecule has 0 saturated carbocycles. The van der Waals surface area contributed by atoms with Crippen molar-refractivity contribution in [3.05, 3.63) is 47.1 Å². The summed E-state index contributed by atoms with van der Waals surface area (Å²) < 4.78 is 5.39. The largest absolute Gasteiger partial charge is 0.339 e. The van der Waals surface area contributed by atoms with Gasteiger partial charge in [0.05, 0.1) is 6.42 Å². The molecule has 2 heterocycles. The average Bonchev–Trinajstić information content (AvgIpc) is 2.91. The maximum absolute atomic E-state index is 5.39. The van der Waals surface area contributed by atoms with Gasteiger partial charge >= 0.3 is 0 Å². The van der Waals surface area contributed by atoms with Crippen molar-refractivity contribution in [1.29, 1.82) is 0 Å². The topological polar surface area (TPSA) is 51.0 Å². The summed E-state index contributed by atoms with van der Waals surface area (Å²) in [5.41, 5.74) is 2.51. The van der Waals surface area contributed by atoms with Crippen molar-refractivity contribution in [2.45, 2.75) is 32.1 Å². The third-order valence-electron chi connectivity index (χ3n) is 3.75. The molecule has 4 heteroatoms. The van der Waals surface area contributed by atoms with E-state index in [0.717, 1.165) is 37.6 Å². The molecule has 1 aromatic carbocycles. The van der Waals surface area contributed by atoms with E-state index < -0.39 is 0 Å². The van der Waals surface area contributed by atoms with Crippen LogP contribution in [0.15, 0.2) is 28.8 Å². The highest BCUT2D eigenvalue weighted by atomic mass is 16.5. The van der Waals surface area contributed by atoms with Crippen LogP contribution in [-0.4, -0.2) is 23.2 Å². The van der Waals surface area contributed by atoms with Crippen molar-refractivity contribution in [2.75, 3.05) is 13.1 Å². The van der Waals surface area contributed by atoms with E-state index in [-0.39, 0.29) is 0 Å². The van der Waals surface area contributed by atoms with Gasteiger partial charge in [-0.15, -0.1) is 0 Å². The Balaban J connectivity index is 1.73. The highest BCUT2D eigenvalue weighted by Gasteiger charge is 2.20. The van der Waals surface area contributed by atoms with Gasteiger partial charge < -0.3 is 9.84 Å². The molecule has 1 aromatic heterocycles. The number of hydrogen-bond donors (Lipinski definition) is 1. The number of hydrogen-bond acceptors (Lipinski definition) is 4. The van der Waals surface area contributed by atoms with E-state index >= 15 is 0 Å². The molecule has 1 fully saturated rings. The van der Waals surface area contributed by atoms with Crippen molar-refractivity contribution in [3.63, 3.8) is 0 Å². The second-order valence-corrected chi connectivity index (χ2v) is 5.19. The van der Waals surface area contributed by atoms with Crippen molar-refractivity contribution in [2.24, 2.45) is 0 Å². The molecular formula is C15H19N3O. The number of nitrogens with zero attached hydrogens (tertiary/aromatic N) is 2. The molecule has 0 aliphatic carbocycles. The van der Waals surface area contributed by atoms with E-state index in [2.05, 4.69) is 34.5 Å². The molecule has 2 aromatic rings. The predicted octanol–water partition coefficient (Wildman–Crippen LogP) is 2.44. The summed E-state index contributed by atoms with van der Waals surface area (Å²) in [6.07, 6.45) is 3.06. The van der Waals surface area contributed by atoms with Gasteiger partial charge in [0.15, 0.2) is 5.82 Å². The van der Waals surface area contributed by atoms with E-state index in [1.165, 1.54) is 17.5 Å². The first-order chi connectivity index (χ1) is 9.33. The number of benzene rings is 1. The van der Waals surface area contributed by atoms with Crippen molar-refractivity contribution in [1.82, 2.24) is 15.5 Å². The monoisotopic (exact) mass is 257 g/mol. The first kappa shape index (κ1) is 12.4. The zero-order valence-corrected chi connectivity index (χ0v) is 11.2. The van der Waals surface area contributed by atoms with Gasteiger partial charge in [0, 0.05) is 12.5 Å². The minimum Gasteiger partial charge on any atom is -0.339 e. The van der Waals surface area contributed by atoms with Gasteiger partial charge in [-0.1, -0.05) is 29.4 Å². The lowest BCUT2D eigenvalue weighted by Crippen LogP contribution is -2.28. The van der Waals surface area contributed by atoms with Crippen molar-refractivity contribution < 1.29 is 4.52 Å². The third kappa shape index (κ3) is 2.84. The average molecular weight is 257 g/mol. The molecule has 19 heavy (non-hydrogen) atoms. The van der Waals surface area contributed by atoms with Crippen LogP contribution in [0.1, 0.15) is 41.6 Å². The molecule has 3 rings (SSSR count). The lowest BCUT2D eigenvalue weighted by atomic mass is 9.99. The standard InChI is InChI=1S/C15H19N3O/c1-11-5-2-3-6-12(11)9-14-17-15(18-19-14)13-7-4-8-16-10-13/h2-3,5-6,13,16H,4,7-10H2,1H3. The van der Waals surface area contributed by atoms with Gasteiger partial charge in [0.2, 0.25) is 5.89 Å². The molecule has 1 aliphatic heterocycles. The Labute approximate surface area is 113 Å². The van der Waals surface area contributed by atoms with Crippen LogP contribution in [0.4, 0.5) is 0 Å². The van der Waals surface area contributed by atoms with Gasteiger partial charge in [-0.3, -0.25) is 0 Å². The maximum atomic E-state index is 5.39. The molecule has 0 radical (unpaired) electrons. The number of aromatic nitrogens is 2. The summed E-state index contributed by atoms with van der Waals surface area (Å²) in [4.78, 5) is 4.55. The molecule has 1 unspecified atom stereocenters. The molecule has 100 valence electrons. The van der Waals surface area contributed by atoms with Crippen LogP contribution in [0.3, 0.4) is 0 Å². The molecule has 0 bridgehead atoms. The highest BCUT2D eigenvalue weighted by molar-refractivity contribution is 5.27. The van der Waals surface area contributed by atoms with Crippen molar-refractivity contribution in [3.8, 4) is 0 Å². The van der Waals surface area contributed by atoms with Crippen molar-refractivity contribution >= 4 is 0 Å². The van der Waals surface area contributed by atoms with E-state index in [9.17, 15) is 0 Å². The molecule has 0 spiro atoms. The Hall–Kier alpha value is -1.68. The van der Waals surface area contributed by atoms with Crippen LogP contribution in [-0.2, 0) is 6.42 Å². The lowest BCUT2D eigenvalue weighted by molar-refractivity contribution is 0.365. The summed E-state index contributed by atoms with van der Waals surface area (Å²) >= 11 is 0.